The Morgan fingerprint density at radius 1 is 1.00 bits per heavy atom. The highest BCUT2D eigenvalue weighted by atomic mass is 16.3. The quantitative estimate of drug-likeness (QED) is 0.749. The van der Waals surface area contributed by atoms with E-state index in [2.05, 4.69) is 67.3 Å². The summed E-state index contributed by atoms with van der Waals surface area (Å²) >= 11 is 0. The van der Waals surface area contributed by atoms with E-state index in [4.69, 9.17) is 4.98 Å². The molecule has 0 radical (unpaired) electrons. The normalized spacial score (nSPS) is 20.9. The molecule has 2 aromatic carbocycles. The molecule has 0 aliphatic carbocycles. The van der Waals surface area contributed by atoms with E-state index >= 15 is 0 Å². The lowest BCUT2D eigenvalue weighted by Crippen LogP contribution is -2.46. The number of nitrogens with zero attached hydrogens (tertiary/aromatic N) is 2. The van der Waals surface area contributed by atoms with Gasteiger partial charge in [0.2, 0.25) is 0 Å². The van der Waals surface area contributed by atoms with Gasteiger partial charge in [-0.15, -0.1) is 0 Å². The summed E-state index contributed by atoms with van der Waals surface area (Å²) in [5.41, 5.74) is 6.68. The molecule has 1 aliphatic rings. The Kier molecular flexibility index (Phi) is 4.96. The van der Waals surface area contributed by atoms with Gasteiger partial charge in [-0.05, 0) is 49.6 Å². The fourth-order valence-corrected chi connectivity index (χ4v) is 3.85. The fraction of sp³-hybridized carbons (Fsp3) is 0.348. The van der Waals surface area contributed by atoms with E-state index in [1.807, 2.05) is 0 Å². The van der Waals surface area contributed by atoms with E-state index in [-0.39, 0.29) is 0 Å². The average molecular weight is 362 g/mol. The topological polar surface area (TPSA) is 56.6 Å². The number of hydrogen-bond donors (Lipinski definition) is 2. The monoisotopic (exact) mass is 362 g/mol. The summed E-state index contributed by atoms with van der Waals surface area (Å²) in [7, 11) is 0. The molecular formula is C23H26N2O2. The van der Waals surface area contributed by atoms with Crippen LogP contribution < -0.4 is 0 Å². The van der Waals surface area contributed by atoms with Crippen LogP contribution in [0.1, 0.15) is 23.1 Å². The smallest absolute Gasteiger partial charge is 0.0926 e. The molecule has 1 aromatic heterocycles. The van der Waals surface area contributed by atoms with Crippen LogP contribution in [0.15, 0.2) is 48.5 Å². The highest BCUT2D eigenvalue weighted by molar-refractivity contribution is 5.84. The van der Waals surface area contributed by atoms with Crippen molar-refractivity contribution in [3.63, 3.8) is 0 Å². The molecule has 27 heavy (non-hydrogen) atoms. The van der Waals surface area contributed by atoms with Gasteiger partial charge >= 0.3 is 0 Å². The number of aryl methyl sites for hydroxylation is 2. The van der Waals surface area contributed by atoms with Crippen molar-refractivity contribution in [2.45, 2.75) is 39.0 Å². The summed E-state index contributed by atoms with van der Waals surface area (Å²) in [5, 5.41) is 21.0. The number of β-amino-alcohol motifs (C(OH)–C–C–N with tert-alkyl or cyclic N) is 1. The van der Waals surface area contributed by atoms with Gasteiger partial charge in [-0.2, -0.15) is 0 Å². The standard InChI is InChI=1S/C23H26N2O2/c1-15-4-3-5-18(10-15)23-19(13-25-9-8-21(26)22(27)14-25)12-17-7-6-16(2)11-20(17)24-23/h3-7,10-12,21-22,26-27H,8-9,13-14H2,1-2H3/t21-,22-/m0/s1. The number of pyridine rings is 1. The van der Waals surface area contributed by atoms with Crippen LogP contribution in [-0.2, 0) is 6.54 Å². The molecule has 1 aliphatic heterocycles. The molecule has 1 fully saturated rings. The van der Waals surface area contributed by atoms with Crippen LogP contribution in [-0.4, -0.2) is 45.4 Å². The molecule has 3 aromatic rings. The SMILES string of the molecule is Cc1cccc(-c2nc3cc(C)ccc3cc2CN2CC[C@H](O)[C@@H](O)C2)c1. The van der Waals surface area contributed by atoms with E-state index in [0.29, 0.717) is 19.5 Å². The number of rotatable bonds is 3. The van der Waals surface area contributed by atoms with Gasteiger partial charge in [0.1, 0.15) is 0 Å². The summed E-state index contributed by atoms with van der Waals surface area (Å²) < 4.78 is 0. The van der Waals surface area contributed by atoms with E-state index < -0.39 is 12.2 Å². The van der Waals surface area contributed by atoms with Gasteiger partial charge in [-0.1, -0.05) is 35.9 Å². The zero-order chi connectivity index (χ0) is 19.0. The number of likely N-dealkylation sites (tertiary alicyclic amines) is 1. The van der Waals surface area contributed by atoms with Gasteiger partial charge < -0.3 is 10.2 Å². The minimum absolute atomic E-state index is 0.486. The van der Waals surface area contributed by atoms with Crippen LogP contribution in [0.4, 0.5) is 0 Å². The van der Waals surface area contributed by atoms with E-state index in [1.54, 1.807) is 0 Å². The van der Waals surface area contributed by atoms with Crippen LogP contribution in [0, 0.1) is 13.8 Å². The Balaban J connectivity index is 1.77. The van der Waals surface area contributed by atoms with Crippen molar-refractivity contribution in [1.29, 1.82) is 0 Å². The number of benzene rings is 2. The highest BCUT2D eigenvalue weighted by Crippen LogP contribution is 2.28. The van der Waals surface area contributed by atoms with Crippen molar-refractivity contribution in [2.75, 3.05) is 13.1 Å². The summed E-state index contributed by atoms with van der Waals surface area (Å²) in [6.45, 7) is 6.15. The second-order valence-corrected chi connectivity index (χ2v) is 7.72. The maximum atomic E-state index is 10.0. The van der Waals surface area contributed by atoms with E-state index in [1.165, 1.54) is 11.1 Å². The molecule has 4 heteroatoms. The summed E-state index contributed by atoms with van der Waals surface area (Å²) in [4.78, 5) is 7.21. The Bertz CT molecular complexity index is 970. The molecule has 0 bridgehead atoms. The molecule has 140 valence electrons. The zero-order valence-electron chi connectivity index (χ0n) is 15.9. The summed E-state index contributed by atoms with van der Waals surface area (Å²) in [6.07, 6.45) is -0.700. The van der Waals surface area contributed by atoms with Gasteiger partial charge in [0.15, 0.2) is 0 Å². The first-order valence-electron chi connectivity index (χ1n) is 9.55. The van der Waals surface area contributed by atoms with Gasteiger partial charge in [0, 0.05) is 30.6 Å². The third-order valence-electron chi connectivity index (χ3n) is 5.37. The second kappa shape index (κ2) is 7.39. The number of aromatic nitrogens is 1. The van der Waals surface area contributed by atoms with Crippen LogP contribution >= 0.6 is 0 Å². The lowest BCUT2D eigenvalue weighted by molar-refractivity contribution is -0.0403. The number of hydrogen-bond acceptors (Lipinski definition) is 4. The predicted octanol–water partition coefficient (Wildman–Crippen LogP) is 3.45. The van der Waals surface area contributed by atoms with Gasteiger partial charge in [-0.25, -0.2) is 4.98 Å². The molecule has 4 nitrogen and oxygen atoms in total. The van der Waals surface area contributed by atoms with Gasteiger partial charge in [0.25, 0.3) is 0 Å². The molecule has 1 saturated heterocycles. The van der Waals surface area contributed by atoms with Crippen LogP contribution in [0.25, 0.3) is 22.2 Å². The third-order valence-corrected chi connectivity index (χ3v) is 5.37. The number of piperidine rings is 1. The molecule has 2 heterocycles. The van der Waals surface area contributed by atoms with Crippen molar-refractivity contribution < 1.29 is 10.2 Å². The maximum absolute atomic E-state index is 10.0. The molecule has 4 rings (SSSR count). The Morgan fingerprint density at radius 3 is 2.59 bits per heavy atom. The molecule has 0 unspecified atom stereocenters. The molecule has 2 N–H and O–H groups in total. The molecule has 2 atom stereocenters. The van der Waals surface area contributed by atoms with Crippen molar-refractivity contribution >= 4 is 10.9 Å². The minimum atomic E-state index is -0.683. The first kappa shape index (κ1) is 18.1. The maximum Gasteiger partial charge on any atom is 0.0926 e. The van der Waals surface area contributed by atoms with Crippen molar-refractivity contribution in [1.82, 2.24) is 9.88 Å². The minimum Gasteiger partial charge on any atom is -0.390 e. The van der Waals surface area contributed by atoms with E-state index in [9.17, 15) is 10.2 Å². The molecule has 0 saturated carbocycles. The number of aliphatic hydroxyl groups is 2. The largest absolute Gasteiger partial charge is 0.390 e. The van der Waals surface area contributed by atoms with Crippen LogP contribution in [0.3, 0.4) is 0 Å². The number of fused-ring (bicyclic) bond motifs is 1. The van der Waals surface area contributed by atoms with Gasteiger partial charge in [0.05, 0.1) is 23.4 Å². The first-order chi connectivity index (χ1) is 13.0. The van der Waals surface area contributed by atoms with Crippen molar-refractivity contribution in [3.8, 4) is 11.3 Å². The first-order valence-corrected chi connectivity index (χ1v) is 9.55. The lowest BCUT2D eigenvalue weighted by atomic mass is 9.99. The average Bonchev–Trinajstić information content (AvgIpc) is 2.64. The van der Waals surface area contributed by atoms with Crippen molar-refractivity contribution in [3.05, 3.63) is 65.2 Å². The highest BCUT2D eigenvalue weighted by Gasteiger charge is 2.26. The van der Waals surface area contributed by atoms with Crippen molar-refractivity contribution in [2.24, 2.45) is 0 Å². The predicted molar refractivity (Wildman–Crippen MR) is 109 cm³/mol. The Labute approximate surface area is 160 Å². The van der Waals surface area contributed by atoms with Gasteiger partial charge in [-0.3, -0.25) is 4.90 Å². The summed E-state index contributed by atoms with van der Waals surface area (Å²) in [5.74, 6) is 0. The fourth-order valence-electron chi connectivity index (χ4n) is 3.85. The second-order valence-electron chi connectivity index (χ2n) is 7.72. The third kappa shape index (κ3) is 3.88. The summed E-state index contributed by atoms with van der Waals surface area (Å²) in [6, 6.07) is 17.0. The van der Waals surface area contributed by atoms with E-state index in [0.717, 1.165) is 34.3 Å². The Morgan fingerprint density at radius 2 is 1.81 bits per heavy atom. The molecular weight excluding hydrogens is 336 g/mol. The zero-order valence-corrected chi connectivity index (χ0v) is 15.9. The van der Waals surface area contributed by atoms with Crippen LogP contribution in [0.5, 0.6) is 0 Å². The number of aliphatic hydroxyl groups excluding tert-OH is 2. The van der Waals surface area contributed by atoms with Crippen LogP contribution in [0.2, 0.25) is 0 Å². The lowest BCUT2D eigenvalue weighted by Gasteiger charge is -2.33. The Hall–Kier alpha value is -2.27. The molecule has 0 amide bonds. The molecule has 0 spiro atoms.